The van der Waals surface area contributed by atoms with Crippen LogP contribution in [0.2, 0.25) is 0 Å². The summed E-state index contributed by atoms with van der Waals surface area (Å²) in [7, 11) is 0. The van der Waals surface area contributed by atoms with E-state index in [0.717, 1.165) is 95.9 Å². The molecule has 268 valence electrons. The molecule has 0 heterocycles. The number of ether oxygens (including phenoxy) is 4. The molecular formula is C43H54O7. The summed E-state index contributed by atoms with van der Waals surface area (Å²) < 4.78 is 22.7. The summed E-state index contributed by atoms with van der Waals surface area (Å²) in [5.74, 6) is 1.25. The van der Waals surface area contributed by atoms with E-state index in [-0.39, 0.29) is 11.5 Å². The SMILES string of the molecule is CCCCCc1cc(OCOC(=O)OCOc2cc(CCCCC)c(CC)c(O)c2-c2cccc(C)c2)c(-c2cccc(C)c2)c(O)c1CC. The molecule has 0 aliphatic heterocycles. The van der Waals surface area contributed by atoms with Crippen LogP contribution in [-0.4, -0.2) is 30.0 Å². The summed E-state index contributed by atoms with van der Waals surface area (Å²) in [5, 5.41) is 23.0. The number of rotatable bonds is 18. The zero-order chi connectivity index (χ0) is 36.0. The van der Waals surface area contributed by atoms with E-state index in [1.165, 1.54) is 0 Å². The second-order valence-electron chi connectivity index (χ2n) is 12.9. The van der Waals surface area contributed by atoms with Gasteiger partial charge >= 0.3 is 6.16 Å². The highest BCUT2D eigenvalue weighted by atomic mass is 16.8. The zero-order valence-electron chi connectivity index (χ0n) is 30.7. The van der Waals surface area contributed by atoms with Gasteiger partial charge in [-0.05, 0) is 97.9 Å². The number of phenols is 2. The zero-order valence-corrected chi connectivity index (χ0v) is 30.7. The van der Waals surface area contributed by atoms with E-state index in [0.29, 0.717) is 35.5 Å². The van der Waals surface area contributed by atoms with E-state index < -0.39 is 19.7 Å². The smallest absolute Gasteiger partial charge is 0.507 e. The van der Waals surface area contributed by atoms with Gasteiger partial charge in [0.25, 0.3) is 0 Å². The van der Waals surface area contributed by atoms with Gasteiger partial charge < -0.3 is 29.2 Å². The van der Waals surface area contributed by atoms with Gasteiger partial charge in [0.1, 0.15) is 23.0 Å². The number of phenolic OH excluding ortho intramolecular Hbond substituents is 2. The highest BCUT2D eigenvalue weighted by molar-refractivity contribution is 5.80. The van der Waals surface area contributed by atoms with Gasteiger partial charge in [0.2, 0.25) is 13.6 Å². The molecule has 0 aliphatic carbocycles. The average molecular weight is 683 g/mol. The quantitative estimate of drug-likeness (QED) is 0.0613. The lowest BCUT2D eigenvalue weighted by atomic mass is 9.92. The van der Waals surface area contributed by atoms with Gasteiger partial charge in [-0.25, -0.2) is 4.79 Å². The van der Waals surface area contributed by atoms with E-state index >= 15 is 0 Å². The molecule has 7 heteroatoms. The Hall–Kier alpha value is -4.65. The van der Waals surface area contributed by atoms with Crippen LogP contribution in [0.4, 0.5) is 4.79 Å². The van der Waals surface area contributed by atoms with Crippen molar-refractivity contribution in [1.29, 1.82) is 0 Å². The van der Waals surface area contributed by atoms with Crippen LogP contribution in [0.15, 0.2) is 60.7 Å². The molecule has 0 bridgehead atoms. The van der Waals surface area contributed by atoms with Gasteiger partial charge in [0, 0.05) is 0 Å². The molecule has 4 aromatic rings. The number of carbonyl (C=O) groups excluding carboxylic acids is 1. The third kappa shape index (κ3) is 9.74. The monoisotopic (exact) mass is 682 g/mol. The molecule has 4 rings (SSSR count). The first-order chi connectivity index (χ1) is 24.2. The Kier molecular flexibility index (Phi) is 14.4. The lowest BCUT2D eigenvalue weighted by molar-refractivity contribution is -0.0254. The topological polar surface area (TPSA) is 94.5 Å². The van der Waals surface area contributed by atoms with Crippen molar-refractivity contribution in [3.05, 3.63) is 94.0 Å². The van der Waals surface area contributed by atoms with Gasteiger partial charge in [0.05, 0.1) is 11.1 Å². The summed E-state index contributed by atoms with van der Waals surface area (Å²) in [6, 6.07) is 19.7. The van der Waals surface area contributed by atoms with Crippen LogP contribution in [0.3, 0.4) is 0 Å². The van der Waals surface area contributed by atoms with Gasteiger partial charge in [-0.15, -0.1) is 0 Å². The van der Waals surface area contributed by atoms with Crippen molar-refractivity contribution in [2.24, 2.45) is 0 Å². The largest absolute Gasteiger partial charge is 0.514 e. The van der Waals surface area contributed by atoms with Gasteiger partial charge in [0.15, 0.2) is 0 Å². The third-order valence-electron chi connectivity index (χ3n) is 9.13. The number of hydrogen-bond acceptors (Lipinski definition) is 7. The number of aromatic hydroxyl groups is 2. The summed E-state index contributed by atoms with van der Waals surface area (Å²) in [5.41, 5.74) is 8.73. The number of benzene rings is 4. The molecular weight excluding hydrogens is 628 g/mol. The second kappa shape index (κ2) is 18.9. The van der Waals surface area contributed by atoms with Gasteiger partial charge in [-0.2, -0.15) is 0 Å². The lowest BCUT2D eigenvalue weighted by Crippen LogP contribution is -2.16. The van der Waals surface area contributed by atoms with Crippen molar-refractivity contribution >= 4 is 6.16 Å². The minimum absolute atomic E-state index is 0.189. The van der Waals surface area contributed by atoms with Crippen LogP contribution in [0.5, 0.6) is 23.0 Å². The first-order valence-corrected chi connectivity index (χ1v) is 18.2. The molecule has 4 aromatic carbocycles. The Morgan fingerprint density at radius 1 is 0.600 bits per heavy atom. The van der Waals surface area contributed by atoms with Crippen LogP contribution in [0.1, 0.15) is 99.6 Å². The Balaban J connectivity index is 1.50. The fraction of sp³-hybridized carbons (Fsp3) is 0.419. The molecule has 0 unspecified atom stereocenters. The molecule has 0 radical (unpaired) electrons. The van der Waals surface area contributed by atoms with E-state index in [9.17, 15) is 15.0 Å². The van der Waals surface area contributed by atoms with Crippen molar-refractivity contribution in [2.45, 2.75) is 106 Å². The molecule has 0 atom stereocenters. The van der Waals surface area contributed by atoms with E-state index in [2.05, 4.69) is 13.8 Å². The number of unbranched alkanes of at least 4 members (excludes halogenated alkanes) is 4. The first kappa shape index (κ1) is 38.2. The summed E-state index contributed by atoms with van der Waals surface area (Å²) in [6.45, 7) is 11.6. The Morgan fingerprint density at radius 2 is 1.02 bits per heavy atom. The Morgan fingerprint density at radius 3 is 1.38 bits per heavy atom. The Labute approximate surface area is 298 Å². The maximum absolute atomic E-state index is 12.7. The minimum atomic E-state index is -0.964. The summed E-state index contributed by atoms with van der Waals surface area (Å²) in [4.78, 5) is 12.7. The molecule has 2 N–H and O–H groups in total. The van der Waals surface area contributed by atoms with Gasteiger partial charge in [-0.1, -0.05) is 113 Å². The predicted octanol–water partition coefficient (Wildman–Crippen LogP) is 11.2. The van der Waals surface area contributed by atoms with Crippen molar-refractivity contribution in [1.82, 2.24) is 0 Å². The van der Waals surface area contributed by atoms with Crippen molar-refractivity contribution < 1.29 is 34.0 Å². The maximum Gasteiger partial charge on any atom is 0.514 e. The number of hydrogen-bond donors (Lipinski definition) is 2. The molecule has 7 nitrogen and oxygen atoms in total. The molecule has 0 aliphatic rings. The highest BCUT2D eigenvalue weighted by Crippen LogP contribution is 2.44. The van der Waals surface area contributed by atoms with E-state index in [1.807, 2.05) is 88.4 Å². The fourth-order valence-electron chi connectivity index (χ4n) is 6.55. The van der Waals surface area contributed by atoms with Crippen LogP contribution in [0.25, 0.3) is 22.3 Å². The predicted molar refractivity (Wildman–Crippen MR) is 200 cm³/mol. The maximum atomic E-state index is 12.7. The van der Waals surface area contributed by atoms with Crippen molar-refractivity contribution in [3.63, 3.8) is 0 Å². The van der Waals surface area contributed by atoms with Crippen molar-refractivity contribution in [2.75, 3.05) is 13.6 Å². The third-order valence-corrected chi connectivity index (χ3v) is 9.13. The molecule has 0 amide bonds. The molecule has 0 saturated heterocycles. The van der Waals surface area contributed by atoms with Crippen LogP contribution >= 0.6 is 0 Å². The normalized spacial score (nSPS) is 11.0. The average Bonchev–Trinajstić information content (AvgIpc) is 3.08. The van der Waals surface area contributed by atoms with E-state index in [4.69, 9.17) is 18.9 Å². The molecule has 0 aromatic heterocycles. The summed E-state index contributed by atoms with van der Waals surface area (Å²) in [6.07, 6.45) is 8.39. The van der Waals surface area contributed by atoms with Crippen LogP contribution in [0, 0.1) is 13.8 Å². The first-order valence-electron chi connectivity index (χ1n) is 18.2. The lowest BCUT2D eigenvalue weighted by Gasteiger charge is -2.20. The summed E-state index contributed by atoms with van der Waals surface area (Å²) >= 11 is 0. The minimum Gasteiger partial charge on any atom is -0.507 e. The highest BCUT2D eigenvalue weighted by Gasteiger charge is 2.22. The fourth-order valence-corrected chi connectivity index (χ4v) is 6.55. The molecule has 50 heavy (non-hydrogen) atoms. The van der Waals surface area contributed by atoms with Crippen LogP contribution < -0.4 is 9.47 Å². The van der Waals surface area contributed by atoms with E-state index in [1.54, 1.807) is 0 Å². The van der Waals surface area contributed by atoms with Crippen molar-refractivity contribution in [3.8, 4) is 45.3 Å². The van der Waals surface area contributed by atoms with Gasteiger partial charge in [-0.3, -0.25) is 0 Å². The molecule has 0 spiro atoms. The molecule has 0 fully saturated rings. The standard InChI is InChI=1S/C43H54O7/c1-7-11-13-19-31-25-37(39(41(44)35(31)9-3)33-21-15-17-29(5)23-33)47-27-49-43(46)50-28-48-38-26-32(20-14-12-8-2)36(10-4)42(45)40(38)34-22-16-18-30(6)24-34/h15-18,21-26,44-45H,7-14,19-20,27-28H2,1-6H3. The van der Waals surface area contributed by atoms with Crippen LogP contribution in [-0.2, 0) is 35.2 Å². The second-order valence-corrected chi connectivity index (χ2v) is 12.9. The Bertz CT molecular complexity index is 1600. The number of aryl methyl sites for hydroxylation is 4. The molecule has 0 saturated carbocycles. The number of carbonyl (C=O) groups is 1.